The lowest BCUT2D eigenvalue weighted by atomic mass is 9.96. The van der Waals surface area contributed by atoms with Crippen LogP contribution in [0.15, 0.2) is 24.3 Å². The zero-order valence-corrected chi connectivity index (χ0v) is 12.9. The minimum absolute atomic E-state index is 0.246. The van der Waals surface area contributed by atoms with Gasteiger partial charge in [0, 0.05) is 12.1 Å². The van der Waals surface area contributed by atoms with Crippen molar-refractivity contribution in [2.24, 2.45) is 5.92 Å². The van der Waals surface area contributed by atoms with E-state index in [9.17, 15) is 4.79 Å². The maximum absolute atomic E-state index is 12.2. The Morgan fingerprint density at radius 1 is 1.20 bits per heavy atom. The molecule has 1 aliphatic heterocycles. The highest BCUT2D eigenvalue weighted by molar-refractivity contribution is 5.97. The molecule has 1 aromatic rings. The first-order valence-corrected chi connectivity index (χ1v) is 7.51. The summed E-state index contributed by atoms with van der Waals surface area (Å²) in [6, 6.07) is 7.90. The average molecular weight is 274 g/mol. The summed E-state index contributed by atoms with van der Waals surface area (Å²) in [7, 11) is 4.26. The Morgan fingerprint density at radius 2 is 1.80 bits per heavy atom. The molecule has 1 saturated heterocycles. The highest BCUT2D eigenvalue weighted by atomic mass is 16.1. The van der Waals surface area contributed by atoms with Crippen molar-refractivity contribution in [2.75, 3.05) is 40.3 Å². The molecule has 0 unspecified atom stereocenters. The molecular formula is C17H26N2O. The number of rotatable bonds is 5. The van der Waals surface area contributed by atoms with Crippen molar-refractivity contribution < 1.29 is 4.79 Å². The van der Waals surface area contributed by atoms with E-state index in [2.05, 4.69) is 23.9 Å². The van der Waals surface area contributed by atoms with Crippen LogP contribution in [0.5, 0.6) is 0 Å². The van der Waals surface area contributed by atoms with E-state index in [0.29, 0.717) is 6.54 Å². The fourth-order valence-electron chi connectivity index (χ4n) is 2.88. The Bertz CT molecular complexity index is 431. The number of carbonyl (C=O) groups excluding carboxylic acids is 1. The van der Waals surface area contributed by atoms with Crippen molar-refractivity contribution in [2.45, 2.75) is 19.8 Å². The summed E-state index contributed by atoms with van der Waals surface area (Å²) in [6.45, 7) is 5.88. The number of Topliss-reactive ketones (excluding diaryl/α,β-unsaturated/α-hetero) is 1. The van der Waals surface area contributed by atoms with Gasteiger partial charge in [-0.15, -0.1) is 0 Å². The molecule has 1 fully saturated rings. The zero-order valence-electron chi connectivity index (χ0n) is 12.9. The number of nitrogens with zero attached hydrogens (tertiary/aromatic N) is 2. The Kier molecular flexibility index (Phi) is 5.32. The van der Waals surface area contributed by atoms with Gasteiger partial charge in [0.2, 0.25) is 0 Å². The van der Waals surface area contributed by atoms with Crippen LogP contribution < -0.4 is 0 Å². The van der Waals surface area contributed by atoms with E-state index in [-0.39, 0.29) is 5.78 Å². The van der Waals surface area contributed by atoms with Gasteiger partial charge in [0.15, 0.2) is 5.78 Å². The largest absolute Gasteiger partial charge is 0.309 e. The van der Waals surface area contributed by atoms with E-state index in [0.717, 1.165) is 24.6 Å². The lowest BCUT2D eigenvalue weighted by Gasteiger charge is -2.32. The minimum Gasteiger partial charge on any atom is -0.309 e. The molecule has 3 nitrogen and oxygen atoms in total. The third-order valence-corrected chi connectivity index (χ3v) is 4.07. The number of benzene rings is 1. The molecule has 1 aromatic carbocycles. The van der Waals surface area contributed by atoms with Crippen LogP contribution in [0.2, 0.25) is 0 Å². The smallest absolute Gasteiger partial charge is 0.176 e. The van der Waals surface area contributed by atoms with Crippen LogP contribution >= 0.6 is 0 Å². The van der Waals surface area contributed by atoms with Gasteiger partial charge in [-0.3, -0.25) is 9.69 Å². The Balaban J connectivity index is 1.80. The number of aryl methyl sites for hydroxylation is 1. The third kappa shape index (κ3) is 4.43. The molecule has 0 atom stereocenters. The summed E-state index contributed by atoms with van der Waals surface area (Å²) in [5.41, 5.74) is 2.04. The van der Waals surface area contributed by atoms with Crippen LogP contribution in [-0.4, -0.2) is 55.9 Å². The fourth-order valence-corrected chi connectivity index (χ4v) is 2.88. The molecule has 110 valence electrons. The second-order valence-electron chi connectivity index (χ2n) is 6.27. The molecule has 2 rings (SSSR count). The number of hydrogen-bond donors (Lipinski definition) is 0. The lowest BCUT2D eigenvalue weighted by Crippen LogP contribution is -2.39. The zero-order chi connectivity index (χ0) is 14.5. The molecule has 0 aliphatic carbocycles. The predicted molar refractivity (Wildman–Crippen MR) is 83.2 cm³/mol. The van der Waals surface area contributed by atoms with Crippen molar-refractivity contribution in [3.05, 3.63) is 35.4 Å². The molecule has 20 heavy (non-hydrogen) atoms. The standard InChI is InChI=1S/C17H26N2O/c1-14-4-6-16(7-5-14)17(20)13-19-10-8-15(9-11-19)12-18(2)3/h4-7,15H,8-13H2,1-3H3. The summed E-state index contributed by atoms with van der Waals surface area (Å²) in [4.78, 5) is 16.8. The number of piperidine rings is 1. The van der Waals surface area contributed by atoms with Crippen molar-refractivity contribution in [1.82, 2.24) is 9.80 Å². The molecule has 0 aromatic heterocycles. The maximum Gasteiger partial charge on any atom is 0.176 e. The molecule has 1 aliphatic rings. The second-order valence-corrected chi connectivity index (χ2v) is 6.27. The first-order valence-electron chi connectivity index (χ1n) is 7.51. The first kappa shape index (κ1) is 15.2. The summed E-state index contributed by atoms with van der Waals surface area (Å²) >= 11 is 0. The highest BCUT2D eigenvalue weighted by Crippen LogP contribution is 2.18. The van der Waals surface area contributed by atoms with Gasteiger partial charge >= 0.3 is 0 Å². The minimum atomic E-state index is 0.246. The lowest BCUT2D eigenvalue weighted by molar-refractivity contribution is 0.0886. The fraction of sp³-hybridized carbons (Fsp3) is 0.588. The molecule has 0 radical (unpaired) electrons. The number of ketones is 1. The van der Waals surface area contributed by atoms with Crippen molar-refractivity contribution in [3.8, 4) is 0 Å². The second kappa shape index (κ2) is 7.00. The van der Waals surface area contributed by atoms with Gasteiger partial charge in [0.25, 0.3) is 0 Å². The average Bonchev–Trinajstić information content (AvgIpc) is 2.41. The van der Waals surface area contributed by atoms with Gasteiger partial charge in [-0.05, 0) is 52.9 Å². The number of carbonyl (C=O) groups is 1. The highest BCUT2D eigenvalue weighted by Gasteiger charge is 2.21. The molecule has 0 saturated carbocycles. The third-order valence-electron chi connectivity index (χ3n) is 4.07. The van der Waals surface area contributed by atoms with Crippen molar-refractivity contribution in [1.29, 1.82) is 0 Å². The van der Waals surface area contributed by atoms with E-state index in [1.165, 1.54) is 24.9 Å². The quantitative estimate of drug-likeness (QED) is 0.771. The first-order chi connectivity index (χ1) is 9.54. The van der Waals surface area contributed by atoms with E-state index >= 15 is 0 Å². The Morgan fingerprint density at radius 3 is 2.35 bits per heavy atom. The monoisotopic (exact) mass is 274 g/mol. The van der Waals surface area contributed by atoms with Crippen LogP contribution in [0.1, 0.15) is 28.8 Å². The van der Waals surface area contributed by atoms with Crippen LogP contribution in [0.25, 0.3) is 0 Å². The molecule has 0 spiro atoms. The summed E-state index contributed by atoms with van der Waals surface area (Å²) in [5.74, 6) is 1.03. The number of hydrogen-bond acceptors (Lipinski definition) is 3. The van der Waals surface area contributed by atoms with Crippen LogP contribution in [0.4, 0.5) is 0 Å². The molecule has 1 heterocycles. The molecule has 3 heteroatoms. The van der Waals surface area contributed by atoms with Gasteiger partial charge in [-0.2, -0.15) is 0 Å². The predicted octanol–water partition coefficient (Wildman–Crippen LogP) is 2.45. The maximum atomic E-state index is 12.2. The van der Waals surface area contributed by atoms with Crippen molar-refractivity contribution >= 4 is 5.78 Å². The van der Waals surface area contributed by atoms with Gasteiger partial charge in [-0.1, -0.05) is 29.8 Å². The van der Waals surface area contributed by atoms with Gasteiger partial charge in [0.05, 0.1) is 6.54 Å². The summed E-state index contributed by atoms with van der Waals surface area (Å²) < 4.78 is 0. The van der Waals surface area contributed by atoms with Gasteiger partial charge in [-0.25, -0.2) is 0 Å². The van der Waals surface area contributed by atoms with E-state index in [1.54, 1.807) is 0 Å². The van der Waals surface area contributed by atoms with Gasteiger partial charge in [0.1, 0.15) is 0 Å². The van der Waals surface area contributed by atoms with Crippen LogP contribution in [-0.2, 0) is 0 Å². The molecule has 0 bridgehead atoms. The van der Waals surface area contributed by atoms with E-state index in [4.69, 9.17) is 0 Å². The van der Waals surface area contributed by atoms with E-state index in [1.807, 2.05) is 31.2 Å². The Labute approximate surface area is 122 Å². The normalized spacial score (nSPS) is 17.6. The molecule has 0 amide bonds. The SMILES string of the molecule is Cc1ccc(C(=O)CN2CCC(CN(C)C)CC2)cc1. The topological polar surface area (TPSA) is 23.6 Å². The van der Waals surface area contributed by atoms with Crippen molar-refractivity contribution in [3.63, 3.8) is 0 Å². The Hall–Kier alpha value is -1.19. The van der Waals surface area contributed by atoms with Gasteiger partial charge < -0.3 is 4.90 Å². The van der Waals surface area contributed by atoms with Crippen LogP contribution in [0.3, 0.4) is 0 Å². The summed E-state index contributed by atoms with van der Waals surface area (Å²) in [6.07, 6.45) is 2.42. The molecular weight excluding hydrogens is 248 g/mol. The van der Waals surface area contributed by atoms with Crippen LogP contribution in [0, 0.1) is 12.8 Å². The summed E-state index contributed by atoms with van der Waals surface area (Å²) in [5, 5.41) is 0. The molecule has 0 N–H and O–H groups in total. The number of likely N-dealkylation sites (tertiary alicyclic amines) is 1. The van der Waals surface area contributed by atoms with E-state index < -0.39 is 0 Å².